The molecular formula is C26H28N2O4S. The van der Waals surface area contributed by atoms with Gasteiger partial charge in [-0.15, -0.1) is 0 Å². The Labute approximate surface area is 198 Å². The van der Waals surface area contributed by atoms with Crippen molar-refractivity contribution in [2.75, 3.05) is 24.6 Å². The first-order valence-electron chi connectivity index (χ1n) is 11.4. The molecule has 172 valence electrons. The SMILES string of the molecule is CCOC(=O)c1ccc(N2C(=O)C(Sc3ccc(C)cc3)=C(N3CCCCCC3)C2=O)cc1. The van der Waals surface area contributed by atoms with Gasteiger partial charge in [-0.25, -0.2) is 9.69 Å². The normalized spacial score (nSPS) is 16.9. The fourth-order valence-electron chi connectivity index (χ4n) is 4.08. The Morgan fingerprint density at radius 1 is 0.909 bits per heavy atom. The minimum Gasteiger partial charge on any atom is -0.462 e. The lowest BCUT2D eigenvalue weighted by atomic mass is 10.2. The highest BCUT2D eigenvalue weighted by Gasteiger charge is 2.42. The smallest absolute Gasteiger partial charge is 0.338 e. The summed E-state index contributed by atoms with van der Waals surface area (Å²) in [5, 5.41) is 0. The maximum absolute atomic E-state index is 13.6. The molecule has 0 radical (unpaired) electrons. The zero-order chi connectivity index (χ0) is 23.4. The summed E-state index contributed by atoms with van der Waals surface area (Å²) in [5.74, 6) is -1.06. The maximum atomic E-state index is 13.6. The molecule has 6 nitrogen and oxygen atoms in total. The van der Waals surface area contributed by atoms with Gasteiger partial charge >= 0.3 is 5.97 Å². The van der Waals surface area contributed by atoms with Crippen molar-refractivity contribution >= 4 is 35.2 Å². The van der Waals surface area contributed by atoms with E-state index in [0.29, 0.717) is 21.9 Å². The third-order valence-electron chi connectivity index (χ3n) is 5.82. The van der Waals surface area contributed by atoms with Crippen molar-refractivity contribution in [2.24, 2.45) is 0 Å². The van der Waals surface area contributed by atoms with Gasteiger partial charge in [-0.05, 0) is 63.1 Å². The van der Waals surface area contributed by atoms with Crippen LogP contribution in [-0.4, -0.2) is 42.4 Å². The lowest BCUT2D eigenvalue weighted by Crippen LogP contribution is -2.35. The van der Waals surface area contributed by atoms with Gasteiger partial charge in [0.25, 0.3) is 11.8 Å². The van der Waals surface area contributed by atoms with Crippen LogP contribution in [0, 0.1) is 6.92 Å². The number of likely N-dealkylation sites (tertiary alicyclic amines) is 1. The Morgan fingerprint density at radius 2 is 1.55 bits per heavy atom. The topological polar surface area (TPSA) is 66.9 Å². The van der Waals surface area contributed by atoms with E-state index in [1.165, 1.54) is 16.7 Å². The predicted octanol–water partition coefficient (Wildman–Crippen LogP) is 4.92. The van der Waals surface area contributed by atoms with E-state index in [1.807, 2.05) is 31.2 Å². The van der Waals surface area contributed by atoms with E-state index < -0.39 is 5.97 Å². The number of nitrogens with zero attached hydrogens (tertiary/aromatic N) is 2. The van der Waals surface area contributed by atoms with Gasteiger partial charge < -0.3 is 9.64 Å². The second-order valence-electron chi connectivity index (χ2n) is 8.21. The number of carbonyl (C=O) groups is 3. The molecule has 4 rings (SSSR count). The van der Waals surface area contributed by atoms with E-state index in [1.54, 1.807) is 31.2 Å². The fourth-order valence-corrected chi connectivity index (χ4v) is 5.08. The van der Waals surface area contributed by atoms with Crippen LogP contribution >= 0.6 is 11.8 Å². The number of carbonyl (C=O) groups excluding carboxylic acids is 3. The van der Waals surface area contributed by atoms with Gasteiger partial charge in [-0.2, -0.15) is 0 Å². The monoisotopic (exact) mass is 464 g/mol. The number of hydrogen-bond donors (Lipinski definition) is 0. The van der Waals surface area contributed by atoms with Crippen LogP contribution < -0.4 is 4.90 Å². The Hall–Kier alpha value is -3.06. The molecule has 0 saturated carbocycles. The third-order valence-corrected chi connectivity index (χ3v) is 6.90. The molecule has 33 heavy (non-hydrogen) atoms. The molecule has 1 fully saturated rings. The van der Waals surface area contributed by atoms with Crippen molar-refractivity contribution in [2.45, 2.75) is 44.4 Å². The number of benzene rings is 2. The van der Waals surface area contributed by atoms with Crippen LogP contribution in [0.4, 0.5) is 5.69 Å². The highest BCUT2D eigenvalue weighted by Crippen LogP contribution is 2.39. The van der Waals surface area contributed by atoms with Gasteiger partial charge in [0.15, 0.2) is 0 Å². The Kier molecular flexibility index (Phi) is 7.18. The van der Waals surface area contributed by atoms with E-state index in [2.05, 4.69) is 4.90 Å². The molecule has 0 aliphatic carbocycles. The summed E-state index contributed by atoms with van der Waals surface area (Å²) in [6, 6.07) is 14.4. The summed E-state index contributed by atoms with van der Waals surface area (Å²) in [6.45, 7) is 5.58. The maximum Gasteiger partial charge on any atom is 0.338 e. The standard InChI is InChI=1S/C26H28N2O4S/c1-3-32-26(31)19-10-12-20(13-11-19)28-24(29)22(27-16-6-4-5-7-17-27)23(25(28)30)33-21-14-8-18(2)9-15-21/h8-15H,3-7,16-17H2,1-2H3. The van der Waals surface area contributed by atoms with Crippen LogP contribution in [0.15, 0.2) is 64.0 Å². The molecule has 0 N–H and O–H groups in total. The fraction of sp³-hybridized carbons (Fsp3) is 0.346. The zero-order valence-corrected chi connectivity index (χ0v) is 19.8. The van der Waals surface area contributed by atoms with Crippen molar-refractivity contribution < 1.29 is 19.1 Å². The van der Waals surface area contributed by atoms with Gasteiger partial charge in [0.05, 0.1) is 17.9 Å². The van der Waals surface area contributed by atoms with Crippen molar-refractivity contribution in [1.82, 2.24) is 4.90 Å². The molecule has 0 unspecified atom stereocenters. The minimum absolute atomic E-state index is 0.284. The lowest BCUT2D eigenvalue weighted by Gasteiger charge is -2.24. The molecule has 0 bridgehead atoms. The Bertz CT molecular complexity index is 1070. The molecule has 0 spiro atoms. The number of esters is 1. The zero-order valence-electron chi connectivity index (χ0n) is 19.0. The molecule has 0 atom stereocenters. The number of amides is 2. The van der Waals surface area contributed by atoms with E-state index in [9.17, 15) is 14.4 Å². The van der Waals surface area contributed by atoms with Crippen LogP contribution in [0.25, 0.3) is 0 Å². The molecular weight excluding hydrogens is 436 g/mol. The van der Waals surface area contributed by atoms with E-state index in [0.717, 1.165) is 49.2 Å². The molecule has 2 aliphatic rings. The van der Waals surface area contributed by atoms with Gasteiger partial charge in [-0.1, -0.05) is 42.3 Å². The first-order valence-corrected chi connectivity index (χ1v) is 12.2. The molecule has 2 aromatic rings. The minimum atomic E-state index is -0.429. The summed E-state index contributed by atoms with van der Waals surface area (Å²) in [5.41, 5.74) is 2.46. The molecule has 0 aromatic heterocycles. The number of aryl methyl sites for hydroxylation is 1. The molecule has 7 heteroatoms. The van der Waals surface area contributed by atoms with E-state index in [-0.39, 0.29) is 18.4 Å². The number of thioether (sulfide) groups is 1. The Balaban J connectivity index is 1.67. The largest absolute Gasteiger partial charge is 0.462 e. The average molecular weight is 465 g/mol. The van der Waals surface area contributed by atoms with Crippen LogP contribution in [0.3, 0.4) is 0 Å². The lowest BCUT2D eigenvalue weighted by molar-refractivity contribution is -0.121. The van der Waals surface area contributed by atoms with Gasteiger partial charge in [-0.3, -0.25) is 9.59 Å². The second kappa shape index (κ2) is 10.3. The summed E-state index contributed by atoms with van der Waals surface area (Å²) in [4.78, 5) is 43.8. The Morgan fingerprint density at radius 3 is 2.15 bits per heavy atom. The van der Waals surface area contributed by atoms with Crippen LogP contribution in [-0.2, 0) is 14.3 Å². The summed E-state index contributed by atoms with van der Waals surface area (Å²) in [6.07, 6.45) is 4.26. The van der Waals surface area contributed by atoms with Gasteiger partial charge in [0.1, 0.15) is 10.6 Å². The number of rotatable bonds is 6. The highest BCUT2D eigenvalue weighted by atomic mass is 32.2. The predicted molar refractivity (Wildman–Crippen MR) is 129 cm³/mol. The third kappa shape index (κ3) is 4.98. The van der Waals surface area contributed by atoms with E-state index >= 15 is 0 Å². The quantitative estimate of drug-likeness (QED) is 0.446. The summed E-state index contributed by atoms with van der Waals surface area (Å²) >= 11 is 1.35. The van der Waals surface area contributed by atoms with Crippen molar-refractivity contribution in [3.8, 4) is 0 Å². The molecule has 2 heterocycles. The number of ether oxygens (including phenoxy) is 1. The van der Waals surface area contributed by atoms with Crippen molar-refractivity contribution in [3.05, 3.63) is 70.3 Å². The first kappa shape index (κ1) is 23.1. The van der Waals surface area contributed by atoms with Crippen LogP contribution in [0.1, 0.15) is 48.5 Å². The number of imide groups is 1. The molecule has 2 amide bonds. The molecule has 2 aromatic carbocycles. The van der Waals surface area contributed by atoms with Gasteiger partial charge in [0.2, 0.25) is 0 Å². The highest BCUT2D eigenvalue weighted by molar-refractivity contribution is 8.04. The van der Waals surface area contributed by atoms with Crippen LogP contribution in [0.5, 0.6) is 0 Å². The second-order valence-corrected chi connectivity index (χ2v) is 9.29. The number of anilines is 1. The van der Waals surface area contributed by atoms with Crippen LogP contribution in [0.2, 0.25) is 0 Å². The van der Waals surface area contributed by atoms with E-state index in [4.69, 9.17) is 4.74 Å². The van der Waals surface area contributed by atoms with Crippen molar-refractivity contribution in [3.63, 3.8) is 0 Å². The van der Waals surface area contributed by atoms with Crippen molar-refractivity contribution in [1.29, 1.82) is 0 Å². The number of hydrogen-bond acceptors (Lipinski definition) is 6. The first-order chi connectivity index (χ1) is 16.0. The summed E-state index contributed by atoms with van der Waals surface area (Å²) in [7, 11) is 0. The average Bonchev–Trinajstić information content (AvgIpc) is 2.98. The van der Waals surface area contributed by atoms with Gasteiger partial charge in [0, 0.05) is 18.0 Å². The molecule has 2 aliphatic heterocycles. The molecule has 1 saturated heterocycles. The summed E-state index contributed by atoms with van der Waals surface area (Å²) < 4.78 is 5.03.